The standard InChI is InChI=1S/C15H19N3O2/c1-8(15-9(2)18-20-11(15)4)17-12-5-6-14(16)13(7-12)10(3)19/h5-8,17H,16H2,1-4H3. The van der Waals surface area contributed by atoms with E-state index in [0.29, 0.717) is 11.3 Å². The molecule has 1 aromatic heterocycles. The molecule has 0 radical (unpaired) electrons. The van der Waals surface area contributed by atoms with Gasteiger partial charge in [0.25, 0.3) is 0 Å². The summed E-state index contributed by atoms with van der Waals surface area (Å²) < 4.78 is 5.17. The average molecular weight is 273 g/mol. The largest absolute Gasteiger partial charge is 0.398 e. The Morgan fingerprint density at radius 3 is 2.65 bits per heavy atom. The van der Waals surface area contributed by atoms with Crippen LogP contribution in [0, 0.1) is 13.8 Å². The second-order valence-electron chi connectivity index (χ2n) is 4.96. The smallest absolute Gasteiger partial charge is 0.161 e. The van der Waals surface area contributed by atoms with Gasteiger partial charge in [-0.05, 0) is 45.9 Å². The Balaban J connectivity index is 2.26. The maximum absolute atomic E-state index is 11.5. The minimum atomic E-state index is -0.0452. The second kappa shape index (κ2) is 5.36. The van der Waals surface area contributed by atoms with Crippen molar-refractivity contribution in [2.24, 2.45) is 0 Å². The van der Waals surface area contributed by atoms with E-state index in [9.17, 15) is 4.79 Å². The number of aryl methyl sites for hydroxylation is 2. The molecule has 20 heavy (non-hydrogen) atoms. The third-order valence-electron chi connectivity index (χ3n) is 3.34. The van der Waals surface area contributed by atoms with Gasteiger partial charge in [0.2, 0.25) is 0 Å². The first-order chi connectivity index (χ1) is 9.40. The summed E-state index contributed by atoms with van der Waals surface area (Å²) in [6.07, 6.45) is 0. The summed E-state index contributed by atoms with van der Waals surface area (Å²) in [6, 6.07) is 5.40. The molecule has 0 bridgehead atoms. The molecule has 0 saturated heterocycles. The van der Waals surface area contributed by atoms with E-state index in [1.807, 2.05) is 26.8 Å². The normalized spacial score (nSPS) is 12.2. The van der Waals surface area contributed by atoms with E-state index >= 15 is 0 Å². The lowest BCUT2D eigenvalue weighted by Gasteiger charge is -2.16. The summed E-state index contributed by atoms with van der Waals surface area (Å²) >= 11 is 0. The molecular formula is C15H19N3O2. The van der Waals surface area contributed by atoms with Crippen molar-refractivity contribution in [2.75, 3.05) is 11.1 Å². The molecule has 2 aromatic rings. The molecule has 0 saturated carbocycles. The Kier molecular flexibility index (Phi) is 3.79. The van der Waals surface area contributed by atoms with Crippen molar-refractivity contribution in [2.45, 2.75) is 33.7 Å². The molecule has 1 atom stereocenters. The van der Waals surface area contributed by atoms with Crippen molar-refractivity contribution in [1.82, 2.24) is 5.16 Å². The van der Waals surface area contributed by atoms with Crippen molar-refractivity contribution in [3.8, 4) is 0 Å². The average Bonchev–Trinajstić information content (AvgIpc) is 2.71. The maximum atomic E-state index is 11.5. The lowest BCUT2D eigenvalue weighted by atomic mass is 10.1. The highest BCUT2D eigenvalue weighted by Gasteiger charge is 2.16. The summed E-state index contributed by atoms with van der Waals surface area (Å²) in [4.78, 5) is 11.5. The monoisotopic (exact) mass is 273 g/mol. The fraction of sp³-hybridized carbons (Fsp3) is 0.333. The minimum Gasteiger partial charge on any atom is -0.398 e. The first-order valence-corrected chi connectivity index (χ1v) is 6.50. The SMILES string of the molecule is CC(=O)c1cc(NC(C)c2c(C)noc2C)ccc1N. The number of hydrogen-bond donors (Lipinski definition) is 2. The molecule has 0 amide bonds. The van der Waals surface area contributed by atoms with Crippen LogP contribution in [0.15, 0.2) is 22.7 Å². The second-order valence-corrected chi connectivity index (χ2v) is 4.96. The zero-order chi connectivity index (χ0) is 14.9. The molecule has 5 heteroatoms. The van der Waals surface area contributed by atoms with Crippen molar-refractivity contribution >= 4 is 17.2 Å². The number of aromatic nitrogens is 1. The number of benzene rings is 1. The number of carbonyl (C=O) groups excluding carboxylic acids is 1. The molecule has 3 N–H and O–H groups in total. The van der Waals surface area contributed by atoms with E-state index in [-0.39, 0.29) is 11.8 Å². The van der Waals surface area contributed by atoms with Gasteiger partial charge in [-0.2, -0.15) is 0 Å². The van der Waals surface area contributed by atoms with Gasteiger partial charge in [0.05, 0.1) is 11.7 Å². The van der Waals surface area contributed by atoms with Gasteiger partial charge in [0.1, 0.15) is 5.76 Å². The number of rotatable bonds is 4. The Morgan fingerprint density at radius 2 is 2.10 bits per heavy atom. The van der Waals surface area contributed by atoms with Crippen molar-refractivity contribution in [3.63, 3.8) is 0 Å². The van der Waals surface area contributed by atoms with Gasteiger partial charge in [-0.25, -0.2) is 0 Å². The molecule has 1 unspecified atom stereocenters. The topological polar surface area (TPSA) is 81.2 Å². The van der Waals surface area contributed by atoms with Crippen molar-refractivity contribution in [3.05, 3.63) is 40.8 Å². The van der Waals surface area contributed by atoms with Gasteiger partial charge < -0.3 is 15.6 Å². The van der Waals surface area contributed by atoms with E-state index in [1.54, 1.807) is 12.1 Å². The number of nitrogens with one attached hydrogen (secondary N) is 1. The summed E-state index contributed by atoms with van der Waals surface area (Å²) in [5.41, 5.74) is 9.56. The number of nitrogen functional groups attached to an aromatic ring is 1. The van der Waals surface area contributed by atoms with Crippen LogP contribution in [0.5, 0.6) is 0 Å². The lowest BCUT2D eigenvalue weighted by Crippen LogP contribution is -2.09. The van der Waals surface area contributed by atoms with Gasteiger partial charge in [-0.15, -0.1) is 0 Å². The van der Waals surface area contributed by atoms with Crippen LogP contribution in [0.1, 0.15) is 47.3 Å². The van der Waals surface area contributed by atoms with Crippen LogP contribution in [0.4, 0.5) is 11.4 Å². The number of nitrogens with zero attached hydrogens (tertiary/aromatic N) is 1. The Labute approximate surface area is 118 Å². The molecule has 0 aliphatic rings. The molecule has 5 nitrogen and oxygen atoms in total. The number of carbonyl (C=O) groups is 1. The summed E-state index contributed by atoms with van der Waals surface area (Å²) in [5.74, 6) is 0.751. The van der Waals surface area contributed by atoms with Crippen LogP contribution in [-0.4, -0.2) is 10.9 Å². The summed E-state index contributed by atoms with van der Waals surface area (Å²) in [7, 11) is 0. The third kappa shape index (κ3) is 2.66. The number of nitrogens with two attached hydrogens (primary N) is 1. The zero-order valence-corrected chi connectivity index (χ0v) is 12.2. The van der Waals surface area contributed by atoms with Gasteiger partial charge in [0.15, 0.2) is 5.78 Å². The van der Waals surface area contributed by atoms with Crippen LogP contribution in [0.25, 0.3) is 0 Å². The molecule has 1 aromatic carbocycles. The van der Waals surface area contributed by atoms with Crippen LogP contribution in [-0.2, 0) is 0 Å². The molecule has 2 rings (SSSR count). The van der Waals surface area contributed by atoms with Crippen molar-refractivity contribution in [1.29, 1.82) is 0 Å². The molecule has 0 spiro atoms. The molecule has 106 valence electrons. The van der Waals surface area contributed by atoms with E-state index in [4.69, 9.17) is 10.3 Å². The minimum absolute atomic E-state index is 0.0321. The number of ketones is 1. The fourth-order valence-electron chi connectivity index (χ4n) is 2.38. The van der Waals surface area contributed by atoms with E-state index in [1.165, 1.54) is 6.92 Å². The third-order valence-corrected chi connectivity index (χ3v) is 3.34. The van der Waals surface area contributed by atoms with Gasteiger partial charge in [-0.1, -0.05) is 5.16 Å². The summed E-state index contributed by atoms with van der Waals surface area (Å²) in [6.45, 7) is 7.33. The van der Waals surface area contributed by atoms with E-state index in [0.717, 1.165) is 22.7 Å². The molecule has 0 aliphatic heterocycles. The molecular weight excluding hydrogens is 254 g/mol. The Bertz CT molecular complexity index is 627. The van der Waals surface area contributed by atoms with Crippen LogP contribution in [0.2, 0.25) is 0 Å². The maximum Gasteiger partial charge on any atom is 0.161 e. The number of hydrogen-bond acceptors (Lipinski definition) is 5. The number of Topliss-reactive ketones (excluding diaryl/α,β-unsaturated/α-hetero) is 1. The van der Waals surface area contributed by atoms with Gasteiger partial charge in [-0.3, -0.25) is 4.79 Å². The van der Waals surface area contributed by atoms with E-state index in [2.05, 4.69) is 10.5 Å². The molecule has 0 aliphatic carbocycles. The van der Waals surface area contributed by atoms with Gasteiger partial charge in [0, 0.05) is 22.5 Å². The molecule has 1 heterocycles. The summed E-state index contributed by atoms with van der Waals surface area (Å²) in [5, 5.41) is 7.29. The van der Waals surface area contributed by atoms with Gasteiger partial charge >= 0.3 is 0 Å². The predicted molar refractivity (Wildman–Crippen MR) is 78.9 cm³/mol. The van der Waals surface area contributed by atoms with Crippen LogP contribution < -0.4 is 11.1 Å². The van der Waals surface area contributed by atoms with E-state index < -0.39 is 0 Å². The highest BCUT2D eigenvalue weighted by Crippen LogP contribution is 2.26. The first kappa shape index (κ1) is 14.1. The fourth-order valence-corrected chi connectivity index (χ4v) is 2.38. The highest BCUT2D eigenvalue weighted by molar-refractivity contribution is 6.00. The Hall–Kier alpha value is -2.30. The first-order valence-electron chi connectivity index (χ1n) is 6.50. The molecule has 0 fully saturated rings. The van der Waals surface area contributed by atoms with Crippen molar-refractivity contribution < 1.29 is 9.32 Å². The highest BCUT2D eigenvalue weighted by atomic mass is 16.5. The Morgan fingerprint density at radius 1 is 1.40 bits per heavy atom. The van der Waals surface area contributed by atoms with Crippen LogP contribution >= 0.6 is 0 Å². The quantitative estimate of drug-likeness (QED) is 0.660. The zero-order valence-electron chi connectivity index (χ0n) is 12.2. The predicted octanol–water partition coefficient (Wildman–Crippen LogP) is 3.25. The lowest BCUT2D eigenvalue weighted by molar-refractivity contribution is 0.101. The van der Waals surface area contributed by atoms with Crippen LogP contribution in [0.3, 0.4) is 0 Å². The number of anilines is 2.